The van der Waals surface area contributed by atoms with Crippen LogP contribution in [-0.4, -0.2) is 26.0 Å². The Hall–Kier alpha value is -3.60. The maximum absolute atomic E-state index is 13.0. The molecule has 0 aliphatic rings. The third-order valence-corrected chi connectivity index (χ3v) is 5.39. The summed E-state index contributed by atoms with van der Waals surface area (Å²) in [6.45, 7) is 0.126. The molecule has 0 spiro atoms. The normalized spacial score (nSPS) is 11.7. The third kappa shape index (κ3) is 3.79. The van der Waals surface area contributed by atoms with Gasteiger partial charge in [-0.1, -0.05) is 18.2 Å². The molecule has 4 rings (SSSR count). The summed E-state index contributed by atoms with van der Waals surface area (Å²) in [5, 5.41) is 12.6. The van der Waals surface area contributed by atoms with Crippen molar-refractivity contribution in [1.29, 1.82) is 0 Å². The van der Waals surface area contributed by atoms with Gasteiger partial charge in [0, 0.05) is 24.2 Å². The average molecular weight is 433 g/mol. The minimum absolute atomic E-state index is 0.0296. The molecular weight excluding hydrogens is 421 g/mol. The predicted octanol–water partition coefficient (Wildman–Crippen LogP) is 4.59. The first-order valence-electron chi connectivity index (χ1n) is 8.52. The van der Waals surface area contributed by atoms with Crippen LogP contribution in [-0.2, 0) is 12.7 Å². The van der Waals surface area contributed by atoms with E-state index in [1.165, 1.54) is 0 Å². The highest BCUT2D eigenvalue weighted by molar-refractivity contribution is 7.20. The maximum atomic E-state index is 13.0. The van der Waals surface area contributed by atoms with Crippen molar-refractivity contribution in [2.24, 2.45) is 0 Å². The van der Waals surface area contributed by atoms with Crippen LogP contribution in [0, 0.1) is 4.91 Å². The van der Waals surface area contributed by atoms with Gasteiger partial charge >= 0.3 is 11.9 Å². The number of para-hydroxylation sites is 1. The van der Waals surface area contributed by atoms with Crippen LogP contribution in [0.15, 0.2) is 48.7 Å². The molecule has 152 valence electrons. The predicted molar refractivity (Wildman–Crippen MR) is 103 cm³/mol. The van der Waals surface area contributed by atoms with E-state index in [4.69, 9.17) is 0 Å². The van der Waals surface area contributed by atoms with Crippen molar-refractivity contribution in [3.63, 3.8) is 0 Å². The number of aromatic nitrogens is 2. The Bertz CT molecular complexity index is 1300. The monoisotopic (exact) mass is 433 g/mol. The number of nitrogens with one attached hydrogen (secondary N) is 1. The first-order chi connectivity index (χ1) is 14.2. The van der Waals surface area contributed by atoms with Crippen molar-refractivity contribution < 1.29 is 28.1 Å². The number of carbonyl (C=O) groups excluding carboxylic acids is 1. The highest BCUT2D eigenvalue weighted by Crippen LogP contribution is 2.38. The van der Waals surface area contributed by atoms with E-state index in [9.17, 15) is 28.1 Å². The van der Waals surface area contributed by atoms with Crippen molar-refractivity contribution in [1.82, 2.24) is 15.3 Å². The van der Waals surface area contributed by atoms with E-state index in [0.29, 0.717) is 17.4 Å². The first kappa shape index (κ1) is 19.7. The molecule has 1 amide bonds. The fraction of sp³-hybridized carbons (Fsp3) is 0.105. The van der Waals surface area contributed by atoms with Crippen molar-refractivity contribution in [3.8, 4) is 0 Å². The number of amides is 1. The molecule has 2 heterocycles. The summed E-state index contributed by atoms with van der Waals surface area (Å²) in [5.74, 6) is -0.626. The van der Waals surface area contributed by atoms with Crippen LogP contribution in [0.4, 0.5) is 18.9 Å². The second-order valence-corrected chi connectivity index (χ2v) is 7.35. The van der Waals surface area contributed by atoms with Crippen LogP contribution in [0.25, 0.3) is 21.1 Å². The Kier molecular flexibility index (Phi) is 4.82. The molecule has 7 nitrogen and oxygen atoms in total. The van der Waals surface area contributed by atoms with Gasteiger partial charge in [-0.3, -0.25) is 9.78 Å². The largest absolute Gasteiger partial charge is 0.416 e. The van der Waals surface area contributed by atoms with Gasteiger partial charge in [0.15, 0.2) is 5.01 Å². The third-order valence-electron chi connectivity index (χ3n) is 4.30. The van der Waals surface area contributed by atoms with Crippen LogP contribution in [0.2, 0.25) is 0 Å². The van der Waals surface area contributed by atoms with Gasteiger partial charge < -0.3 is 5.32 Å². The Morgan fingerprint density at radius 2 is 1.93 bits per heavy atom. The quantitative estimate of drug-likeness (QED) is 0.459. The number of carbonyl (C=O) groups is 1. The van der Waals surface area contributed by atoms with E-state index in [2.05, 4.69) is 15.3 Å². The van der Waals surface area contributed by atoms with E-state index < -0.39 is 28.3 Å². The minimum atomic E-state index is -4.74. The fourth-order valence-electron chi connectivity index (χ4n) is 2.89. The van der Waals surface area contributed by atoms with Crippen LogP contribution in [0.5, 0.6) is 0 Å². The lowest BCUT2D eigenvalue weighted by atomic mass is 10.1. The van der Waals surface area contributed by atoms with E-state index in [-0.39, 0.29) is 21.8 Å². The molecule has 0 bridgehead atoms. The van der Waals surface area contributed by atoms with Crippen molar-refractivity contribution in [3.05, 3.63) is 69.7 Å². The smallest absolute Gasteiger partial charge is 0.346 e. The molecule has 2 aromatic carbocycles. The number of rotatable bonds is 4. The minimum Gasteiger partial charge on any atom is -0.346 e. The number of halogens is 3. The van der Waals surface area contributed by atoms with Crippen LogP contribution >= 0.6 is 11.3 Å². The summed E-state index contributed by atoms with van der Waals surface area (Å²) in [6.07, 6.45) is -3.14. The van der Waals surface area contributed by atoms with E-state index in [0.717, 1.165) is 22.5 Å². The number of fused-ring (bicyclic) bond motifs is 2. The fourth-order valence-corrected chi connectivity index (χ4v) is 3.84. The highest BCUT2D eigenvalue weighted by atomic mass is 32.1. The number of benzene rings is 2. The second kappa shape index (κ2) is 7.34. The zero-order valence-corrected chi connectivity index (χ0v) is 15.8. The van der Waals surface area contributed by atoms with Gasteiger partial charge in [-0.25, -0.2) is 10.2 Å². The second-order valence-electron chi connectivity index (χ2n) is 6.35. The average Bonchev–Trinajstić information content (AvgIpc) is 3.14. The van der Waals surface area contributed by atoms with Gasteiger partial charge in [-0.15, -0.1) is 11.3 Å². The van der Waals surface area contributed by atoms with E-state index in [1.807, 2.05) is 30.3 Å². The number of alkyl halides is 3. The van der Waals surface area contributed by atoms with Crippen molar-refractivity contribution in [2.45, 2.75) is 12.7 Å². The summed E-state index contributed by atoms with van der Waals surface area (Å²) in [7, 11) is 0. The molecule has 4 aromatic rings. The van der Waals surface area contributed by atoms with Gasteiger partial charge in [-0.05, 0) is 23.8 Å². The molecule has 0 atom stereocenters. The Morgan fingerprint density at radius 3 is 2.67 bits per heavy atom. The number of hydrogen-bond donors (Lipinski definition) is 2. The molecule has 11 heteroatoms. The zero-order valence-electron chi connectivity index (χ0n) is 15.0. The van der Waals surface area contributed by atoms with Gasteiger partial charge in [-0.2, -0.15) is 13.2 Å². The molecule has 0 unspecified atom stereocenters. The molecular formula is C19H12F3N4O3S+. The summed E-state index contributed by atoms with van der Waals surface area (Å²) < 4.78 is 39.1. The zero-order chi connectivity index (χ0) is 21.5. The maximum Gasteiger partial charge on any atom is 0.416 e. The molecule has 0 saturated heterocycles. The lowest BCUT2D eigenvalue weighted by Gasteiger charge is -2.05. The Morgan fingerprint density at radius 1 is 1.17 bits per heavy atom. The van der Waals surface area contributed by atoms with Crippen molar-refractivity contribution >= 4 is 44.1 Å². The van der Waals surface area contributed by atoms with Gasteiger partial charge in [0.2, 0.25) is 0 Å². The van der Waals surface area contributed by atoms with Gasteiger partial charge in [0.05, 0.1) is 21.5 Å². The number of thiazole rings is 1. The topological polar surface area (TPSA) is 95.2 Å². The van der Waals surface area contributed by atoms with Crippen molar-refractivity contribution in [2.75, 3.05) is 0 Å². The number of pyridine rings is 1. The van der Waals surface area contributed by atoms with Crippen LogP contribution in [0.1, 0.15) is 20.9 Å². The molecule has 0 saturated carbocycles. The molecule has 0 aliphatic heterocycles. The molecule has 0 radical (unpaired) electrons. The molecule has 2 N–H and O–H groups in total. The first-order valence-corrected chi connectivity index (χ1v) is 9.34. The SMILES string of the molecule is O=C(NCc1cnc2ccccc2c1)c1nc2cc(C(F)(F)F)cc([N+](=O)O)c2s1. The Labute approximate surface area is 170 Å². The molecule has 2 aromatic heterocycles. The highest BCUT2D eigenvalue weighted by Gasteiger charge is 2.35. The summed E-state index contributed by atoms with van der Waals surface area (Å²) >= 11 is 0.710. The lowest BCUT2D eigenvalue weighted by Crippen LogP contribution is -2.22. The van der Waals surface area contributed by atoms with Gasteiger partial charge in [0.25, 0.3) is 10.8 Å². The van der Waals surface area contributed by atoms with Crippen LogP contribution in [0.3, 0.4) is 0 Å². The molecule has 0 aliphatic carbocycles. The standard InChI is InChI=1S/C19H11F3N4O3S/c20-19(21,22)12-6-14-16(15(7-12)26(28)29)30-18(25-14)17(27)24-9-10-5-11-3-1-2-4-13(11)23-8-10/h1-8H,9H2,(H-,24,27,28,29)/p+1. The van der Waals surface area contributed by atoms with Crippen LogP contribution < -0.4 is 5.32 Å². The summed E-state index contributed by atoms with van der Waals surface area (Å²) in [6, 6.07) is 10.5. The Balaban J connectivity index is 1.61. The number of hydrogen-bond acceptors (Lipinski definition) is 5. The van der Waals surface area contributed by atoms with E-state index in [1.54, 1.807) is 6.20 Å². The van der Waals surface area contributed by atoms with E-state index >= 15 is 0 Å². The summed E-state index contributed by atoms with van der Waals surface area (Å²) in [5.41, 5.74) is -0.464. The molecule has 30 heavy (non-hydrogen) atoms. The summed E-state index contributed by atoms with van der Waals surface area (Å²) in [4.78, 5) is 31.3. The molecule has 0 fully saturated rings. The van der Waals surface area contributed by atoms with Gasteiger partial charge in [0.1, 0.15) is 4.70 Å². The number of nitrogens with zero attached hydrogens (tertiary/aromatic N) is 3. The lowest BCUT2D eigenvalue weighted by molar-refractivity contribution is -0.728.